The first kappa shape index (κ1) is 14.8. The second kappa shape index (κ2) is 6.26. The Bertz CT molecular complexity index is 711. The lowest BCUT2D eigenvalue weighted by atomic mass is 10.2. The summed E-state index contributed by atoms with van der Waals surface area (Å²) in [5.41, 5.74) is 0.451. The molecule has 0 heterocycles. The Kier molecular flexibility index (Phi) is 4.65. The highest BCUT2D eigenvalue weighted by Crippen LogP contribution is 2.22. The summed E-state index contributed by atoms with van der Waals surface area (Å²) in [6.07, 6.45) is 1.27. The molecule has 0 radical (unpaired) electrons. The van der Waals surface area contributed by atoms with Gasteiger partial charge in [0.05, 0.1) is 21.2 Å². The minimum Gasteiger partial charge on any atom is -0.200 e. The minimum absolute atomic E-state index is 0.127. The molecule has 7 heteroatoms. The number of benzene rings is 2. The largest absolute Gasteiger partial charge is 0.276 e. The molecule has 0 bridgehead atoms. The van der Waals surface area contributed by atoms with Crippen molar-refractivity contribution in [3.05, 3.63) is 64.1 Å². The van der Waals surface area contributed by atoms with Crippen LogP contribution in [0.15, 0.2) is 58.5 Å². The van der Waals surface area contributed by atoms with E-state index in [1.54, 1.807) is 36.4 Å². The van der Waals surface area contributed by atoms with E-state index >= 15 is 0 Å². The highest BCUT2D eigenvalue weighted by atomic mass is 35.5. The van der Waals surface area contributed by atoms with Crippen LogP contribution in [0.5, 0.6) is 0 Å². The van der Waals surface area contributed by atoms with Crippen molar-refractivity contribution in [2.24, 2.45) is 5.10 Å². The molecule has 2 rings (SSSR count). The van der Waals surface area contributed by atoms with Crippen molar-refractivity contribution < 1.29 is 8.42 Å². The predicted octanol–water partition coefficient (Wildman–Crippen LogP) is 3.31. The van der Waals surface area contributed by atoms with Crippen molar-refractivity contribution in [1.82, 2.24) is 4.83 Å². The van der Waals surface area contributed by atoms with E-state index < -0.39 is 10.0 Å². The van der Waals surface area contributed by atoms with Crippen molar-refractivity contribution >= 4 is 39.4 Å². The van der Waals surface area contributed by atoms with Gasteiger partial charge in [0.15, 0.2) is 0 Å². The number of sulfonamides is 1. The van der Waals surface area contributed by atoms with E-state index in [1.807, 2.05) is 0 Å². The van der Waals surface area contributed by atoms with Crippen LogP contribution in [0.3, 0.4) is 0 Å². The summed E-state index contributed by atoms with van der Waals surface area (Å²) in [6.45, 7) is 0. The molecule has 0 unspecified atom stereocenters. The van der Waals surface area contributed by atoms with Gasteiger partial charge < -0.3 is 0 Å². The number of nitrogens with zero attached hydrogens (tertiary/aromatic N) is 1. The topological polar surface area (TPSA) is 58.5 Å². The van der Waals surface area contributed by atoms with Gasteiger partial charge in [-0.3, -0.25) is 0 Å². The molecule has 2 aromatic carbocycles. The zero-order valence-electron chi connectivity index (χ0n) is 10.1. The van der Waals surface area contributed by atoms with Gasteiger partial charge >= 0.3 is 0 Å². The quantitative estimate of drug-likeness (QED) is 0.691. The minimum atomic E-state index is -3.69. The average Bonchev–Trinajstić information content (AvgIpc) is 2.43. The first-order chi connectivity index (χ1) is 9.50. The standard InChI is InChI=1S/C13H10Cl2N2O2S/c14-12-7-4-8-13(15)11(12)9-16-17-20(18,19)10-5-2-1-3-6-10/h1-9,17H/b16-9-. The number of nitrogens with one attached hydrogen (secondary N) is 1. The van der Waals surface area contributed by atoms with E-state index in [2.05, 4.69) is 9.93 Å². The summed E-state index contributed by atoms with van der Waals surface area (Å²) in [6, 6.07) is 12.9. The van der Waals surface area contributed by atoms with E-state index in [9.17, 15) is 8.42 Å². The molecule has 2 aromatic rings. The van der Waals surface area contributed by atoms with E-state index in [1.165, 1.54) is 18.3 Å². The second-order valence-corrected chi connectivity index (χ2v) is 6.28. The van der Waals surface area contributed by atoms with Crippen molar-refractivity contribution in [2.75, 3.05) is 0 Å². The Morgan fingerprint density at radius 3 is 2.15 bits per heavy atom. The van der Waals surface area contributed by atoms with Gasteiger partial charge in [-0.15, -0.1) is 0 Å². The molecule has 104 valence electrons. The normalized spacial score (nSPS) is 11.7. The maximum atomic E-state index is 11.9. The van der Waals surface area contributed by atoms with Gasteiger partial charge in [0.25, 0.3) is 10.0 Å². The van der Waals surface area contributed by atoms with Crippen LogP contribution < -0.4 is 4.83 Å². The third-order valence-electron chi connectivity index (χ3n) is 2.42. The third kappa shape index (κ3) is 3.50. The Hall–Kier alpha value is -1.56. The summed E-state index contributed by atoms with van der Waals surface area (Å²) < 4.78 is 23.8. The van der Waals surface area contributed by atoms with Gasteiger partial charge in [0, 0.05) is 5.56 Å². The molecule has 0 aliphatic rings. The summed E-state index contributed by atoms with van der Waals surface area (Å²) in [4.78, 5) is 2.23. The smallest absolute Gasteiger partial charge is 0.200 e. The number of rotatable bonds is 4. The predicted molar refractivity (Wildman–Crippen MR) is 80.8 cm³/mol. The highest BCUT2D eigenvalue weighted by Gasteiger charge is 2.11. The van der Waals surface area contributed by atoms with Crippen molar-refractivity contribution in [3.63, 3.8) is 0 Å². The van der Waals surface area contributed by atoms with E-state index in [4.69, 9.17) is 23.2 Å². The van der Waals surface area contributed by atoms with Gasteiger partial charge in [-0.05, 0) is 24.3 Å². The van der Waals surface area contributed by atoms with Crippen LogP contribution in [0.4, 0.5) is 0 Å². The van der Waals surface area contributed by atoms with Gasteiger partial charge in [-0.2, -0.15) is 13.5 Å². The molecule has 20 heavy (non-hydrogen) atoms. The number of hydrazone groups is 1. The van der Waals surface area contributed by atoms with Crippen LogP contribution in [-0.2, 0) is 10.0 Å². The number of halogens is 2. The number of hydrogen-bond acceptors (Lipinski definition) is 3. The van der Waals surface area contributed by atoms with Crippen LogP contribution in [0.1, 0.15) is 5.56 Å². The molecule has 0 spiro atoms. The molecular formula is C13H10Cl2N2O2S. The van der Waals surface area contributed by atoms with Crippen LogP contribution >= 0.6 is 23.2 Å². The second-order valence-electron chi connectivity index (χ2n) is 3.80. The Balaban J connectivity index is 2.19. The molecule has 0 fully saturated rings. The van der Waals surface area contributed by atoms with Crippen molar-refractivity contribution in [2.45, 2.75) is 4.90 Å². The molecule has 4 nitrogen and oxygen atoms in total. The summed E-state index contributed by atoms with van der Waals surface area (Å²) in [5, 5.41) is 4.46. The first-order valence-electron chi connectivity index (χ1n) is 5.54. The Morgan fingerprint density at radius 1 is 0.950 bits per heavy atom. The Morgan fingerprint density at radius 2 is 1.55 bits per heavy atom. The van der Waals surface area contributed by atoms with Crippen LogP contribution in [0.2, 0.25) is 10.0 Å². The van der Waals surface area contributed by atoms with Gasteiger partial charge in [-0.1, -0.05) is 47.5 Å². The lowest BCUT2D eigenvalue weighted by Crippen LogP contribution is -2.18. The van der Waals surface area contributed by atoms with E-state index in [0.29, 0.717) is 15.6 Å². The van der Waals surface area contributed by atoms with Gasteiger partial charge in [-0.25, -0.2) is 4.83 Å². The molecular weight excluding hydrogens is 319 g/mol. The maximum absolute atomic E-state index is 11.9. The molecule has 0 atom stereocenters. The highest BCUT2D eigenvalue weighted by molar-refractivity contribution is 7.89. The Labute approximate surface area is 127 Å². The molecule has 1 N–H and O–H groups in total. The molecule has 0 saturated heterocycles. The maximum Gasteiger partial charge on any atom is 0.276 e. The van der Waals surface area contributed by atoms with Crippen molar-refractivity contribution in [3.8, 4) is 0 Å². The lowest BCUT2D eigenvalue weighted by Gasteiger charge is -2.03. The number of hydrogen-bond donors (Lipinski definition) is 1. The molecule has 0 aliphatic carbocycles. The molecule has 0 saturated carbocycles. The summed E-state index contributed by atoms with van der Waals surface area (Å²) in [7, 11) is -3.69. The molecule has 0 aliphatic heterocycles. The fraction of sp³-hybridized carbons (Fsp3) is 0. The molecule has 0 amide bonds. The van der Waals surface area contributed by atoms with Gasteiger partial charge in [0.1, 0.15) is 0 Å². The van der Waals surface area contributed by atoms with Gasteiger partial charge in [0.2, 0.25) is 0 Å². The fourth-order valence-corrected chi connectivity index (χ4v) is 2.75. The zero-order chi connectivity index (χ0) is 14.6. The monoisotopic (exact) mass is 328 g/mol. The van der Waals surface area contributed by atoms with E-state index in [-0.39, 0.29) is 4.90 Å². The molecule has 0 aromatic heterocycles. The SMILES string of the molecule is O=S(=O)(N/N=C\c1c(Cl)cccc1Cl)c1ccccc1. The van der Waals surface area contributed by atoms with Crippen LogP contribution in [-0.4, -0.2) is 14.6 Å². The van der Waals surface area contributed by atoms with E-state index in [0.717, 1.165) is 0 Å². The summed E-state index contributed by atoms with van der Waals surface area (Å²) in [5.74, 6) is 0. The first-order valence-corrected chi connectivity index (χ1v) is 7.78. The van der Waals surface area contributed by atoms with Crippen LogP contribution in [0.25, 0.3) is 0 Å². The zero-order valence-corrected chi connectivity index (χ0v) is 12.5. The average molecular weight is 329 g/mol. The summed E-state index contributed by atoms with van der Waals surface area (Å²) >= 11 is 11.9. The lowest BCUT2D eigenvalue weighted by molar-refractivity contribution is 0.584. The van der Waals surface area contributed by atoms with Crippen LogP contribution in [0, 0.1) is 0 Å². The van der Waals surface area contributed by atoms with Crippen molar-refractivity contribution in [1.29, 1.82) is 0 Å². The third-order valence-corrected chi connectivity index (χ3v) is 4.32. The fourth-order valence-electron chi connectivity index (χ4n) is 1.45.